The van der Waals surface area contributed by atoms with Crippen molar-refractivity contribution in [3.63, 3.8) is 0 Å². The van der Waals surface area contributed by atoms with Crippen molar-refractivity contribution in [1.82, 2.24) is 14.8 Å². The fourth-order valence-electron chi connectivity index (χ4n) is 1.39. The number of aromatic nitrogens is 3. The van der Waals surface area contributed by atoms with E-state index in [0.717, 1.165) is 10.7 Å². The second-order valence-electron chi connectivity index (χ2n) is 3.44. The van der Waals surface area contributed by atoms with Gasteiger partial charge in [-0.2, -0.15) is 0 Å². The van der Waals surface area contributed by atoms with Crippen LogP contribution in [0, 0.1) is 0 Å². The van der Waals surface area contributed by atoms with Gasteiger partial charge >= 0.3 is 5.97 Å². The van der Waals surface area contributed by atoms with Crippen molar-refractivity contribution in [2.24, 2.45) is 7.05 Å². The Balaban J connectivity index is 2.05. The van der Waals surface area contributed by atoms with Crippen molar-refractivity contribution < 1.29 is 9.53 Å². The number of nitrogens with zero attached hydrogens (tertiary/aromatic N) is 3. The lowest BCUT2D eigenvalue weighted by Gasteiger charge is -2.02. The number of esters is 1. The molecule has 2 aromatic rings. The van der Waals surface area contributed by atoms with Crippen LogP contribution in [0.2, 0.25) is 0 Å². The molecule has 0 unspecified atom stereocenters. The van der Waals surface area contributed by atoms with E-state index >= 15 is 0 Å². The van der Waals surface area contributed by atoms with Crippen LogP contribution in [0.3, 0.4) is 0 Å². The molecule has 0 N–H and O–H groups in total. The molecule has 2 heterocycles. The number of thiophene rings is 1. The summed E-state index contributed by atoms with van der Waals surface area (Å²) in [6.45, 7) is 2.19. The van der Waals surface area contributed by atoms with Crippen molar-refractivity contribution in [3.8, 4) is 10.7 Å². The van der Waals surface area contributed by atoms with Gasteiger partial charge < -0.3 is 9.30 Å². The first-order chi connectivity index (χ1) is 8.72. The van der Waals surface area contributed by atoms with Gasteiger partial charge in [0.25, 0.3) is 0 Å². The van der Waals surface area contributed by atoms with E-state index in [1.165, 1.54) is 11.8 Å². The number of rotatable bonds is 5. The molecule has 0 atom stereocenters. The molecular formula is C11H13N3O2S2. The van der Waals surface area contributed by atoms with Crippen molar-refractivity contribution in [2.75, 3.05) is 12.4 Å². The van der Waals surface area contributed by atoms with Gasteiger partial charge in [0.15, 0.2) is 11.0 Å². The van der Waals surface area contributed by atoms with Crippen molar-refractivity contribution >= 4 is 29.1 Å². The first kappa shape index (κ1) is 13.1. The normalized spacial score (nSPS) is 10.6. The molecule has 5 nitrogen and oxygen atoms in total. The Morgan fingerprint density at radius 2 is 2.39 bits per heavy atom. The summed E-state index contributed by atoms with van der Waals surface area (Å²) in [5, 5.41) is 10.9. The van der Waals surface area contributed by atoms with Crippen LogP contribution in [0.1, 0.15) is 6.92 Å². The highest BCUT2D eigenvalue weighted by Gasteiger charge is 2.13. The van der Waals surface area contributed by atoms with Gasteiger partial charge in [-0.1, -0.05) is 17.8 Å². The summed E-state index contributed by atoms with van der Waals surface area (Å²) in [4.78, 5) is 12.3. The monoisotopic (exact) mass is 283 g/mol. The van der Waals surface area contributed by atoms with Crippen LogP contribution in [-0.4, -0.2) is 33.1 Å². The van der Waals surface area contributed by atoms with Gasteiger partial charge in [-0.3, -0.25) is 4.79 Å². The third-order valence-corrected chi connectivity index (χ3v) is 4.06. The molecule has 0 radical (unpaired) electrons. The molecule has 0 saturated heterocycles. The molecule has 0 aliphatic carbocycles. The van der Waals surface area contributed by atoms with E-state index < -0.39 is 0 Å². The molecule has 7 heteroatoms. The molecule has 0 aliphatic rings. The Labute approximate surface area is 113 Å². The highest BCUT2D eigenvalue weighted by Crippen LogP contribution is 2.25. The Hall–Kier alpha value is -1.34. The second-order valence-corrected chi connectivity index (χ2v) is 5.33. The number of hydrogen-bond acceptors (Lipinski definition) is 6. The fourth-order valence-corrected chi connectivity index (χ4v) is 2.84. The predicted molar refractivity (Wildman–Crippen MR) is 71.7 cm³/mol. The zero-order valence-electron chi connectivity index (χ0n) is 10.1. The molecule has 0 aromatic carbocycles. The van der Waals surface area contributed by atoms with Crippen molar-refractivity contribution in [2.45, 2.75) is 12.1 Å². The van der Waals surface area contributed by atoms with E-state index in [9.17, 15) is 4.79 Å². The maximum Gasteiger partial charge on any atom is 0.316 e. The van der Waals surface area contributed by atoms with Crippen LogP contribution in [0.4, 0.5) is 0 Å². The van der Waals surface area contributed by atoms with Gasteiger partial charge in [0.2, 0.25) is 0 Å². The van der Waals surface area contributed by atoms with Crippen LogP contribution >= 0.6 is 23.1 Å². The molecule has 18 heavy (non-hydrogen) atoms. The van der Waals surface area contributed by atoms with Gasteiger partial charge in [0.05, 0.1) is 17.2 Å². The minimum absolute atomic E-state index is 0.233. The average molecular weight is 283 g/mol. The van der Waals surface area contributed by atoms with Crippen LogP contribution in [0.5, 0.6) is 0 Å². The lowest BCUT2D eigenvalue weighted by molar-refractivity contribution is -0.139. The van der Waals surface area contributed by atoms with Gasteiger partial charge in [-0.15, -0.1) is 21.5 Å². The Morgan fingerprint density at radius 3 is 3.06 bits per heavy atom. The molecular weight excluding hydrogens is 270 g/mol. The maximum atomic E-state index is 11.3. The lowest BCUT2D eigenvalue weighted by Crippen LogP contribution is -2.07. The molecule has 0 saturated carbocycles. The summed E-state index contributed by atoms with van der Waals surface area (Å²) in [6.07, 6.45) is 0. The van der Waals surface area contributed by atoms with Gasteiger partial charge in [0.1, 0.15) is 0 Å². The minimum atomic E-state index is -0.233. The minimum Gasteiger partial charge on any atom is -0.465 e. The van der Waals surface area contributed by atoms with Gasteiger partial charge in [-0.05, 0) is 18.4 Å². The zero-order chi connectivity index (χ0) is 13.0. The van der Waals surface area contributed by atoms with Gasteiger partial charge in [-0.25, -0.2) is 0 Å². The molecule has 0 spiro atoms. The number of ether oxygens (including phenoxy) is 1. The molecule has 2 rings (SSSR count). The van der Waals surface area contributed by atoms with E-state index in [0.29, 0.717) is 11.8 Å². The highest BCUT2D eigenvalue weighted by molar-refractivity contribution is 7.99. The summed E-state index contributed by atoms with van der Waals surface area (Å²) in [5.74, 6) is 0.837. The van der Waals surface area contributed by atoms with Crippen molar-refractivity contribution in [1.29, 1.82) is 0 Å². The van der Waals surface area contributed by atoms with Gasteiger partial charge in [0, 0.05) is 7.05 Å². The number of thioether (sulfide) groups is 1. The summed E-state index contributed by atoms with van der Waals surface area (Å²) < 4.78 is 6.75. The van der Waals surface area contributed by atoms with E-state index in [4.69, 9.17) is 4.74 Å². The van der Waals surface area contributed by atoms with Crippen LogP contribution in [0.15, 0.2) is 22.7 Å². The van der Waals surface area contributed by atoms with E-state index in [2.05, 4.69) is 10.2 Å². The Kier molecular flexibility index (Phi) is 4.38. The second kappa shape index (κ2) is 6.01. The molecule has 0 bridgehead atoms. The average Bonchev–Trinajstić information content (AvgIpc) is 2.96. The maximum absolute atomic E-state index is 11.3. The fraction of sp³-hybridized carbons (Fsp3) is 0.364. The molecule has 96 valence electrons. The summed E-state index contributed by atoms with van der Waals surface area (Å²) in [7, 11) is 1.89. The Morgan fingerprint density at radius 1 is 1.56 bits per heavy atom. The van der Waals surface area contributed by atoms with E-state index in [1.807, 2.05) is 29.1 Å². The summed E-state index contributed by atoms with van der Waals surface area (Å²) >= 11 is 2.94. The SMILES string of the molecule is CCOC(=O)CSc1nnc(-c2cccs2)n1C. The topological polar surface area (TPSA) is 57.0 Å². The number of carbonyl (C=O) groups excluding carboxylic acids is 1. The largest absolute Gasteiger partial charge is 0.465 e. The Bertz CT molecular complexity index is 522. The molecule has 0 fully saturated rings. The third kappa shape index (κ3) is 2.91. The third-order valence-electron chi connectivity index (χ3n) is 2.20. The smallest absolute Gasteiger partial charge is 0.316 e. The predicted octanol–water partition coefficient (Wildman–Crippen LogP) is 2.20. The summed E-state index contributed by atoms with van der Waals surface area (Å²) in [5.41, 5.74) is 0. The van der Waals surface area contributed by atoms with Crippen molar-refractivity contribution in [3.05, 3.63) is 17.5 Å². The first-order valence-corrected chi connectivity index (χ1v) is 7.30. The molecule has 2 aromatic heterocycles. The standard InChI is InChI=1S/C11H13N3O2S2/c1-3-16-9(15)7-18-11-13-12-10(14(11)2)8-5-4-6-17-8/h4-6H,3,7H2,1-2H3. The molecule has 0 amide bonds. The number of carbonyl (C=O) groups is 1. The lowest BCUT2D eigenvalue weighted by atomic mass is 10.4. The van der Waals surface area contributed by atoms with Crippen LogP contribution < -0.4 is 0 Å². The highest BCUT2D eigenvalue weighted by atomic mass is 32.2. The quantitative estimate of drug-likeness (QED) is 0.622. The van der Waals surface area contributed by atoms with Crippen LogP contribution in [-0.2, 0) is 16.6 Å². The number of hydrogen-bond donors (Lipinski definition) is 0. The zero-order valence-corrected chi connectivity index (χ0v) is 11.8. The molecule has 0 aliphatic heterocycles. The van der Waals surface area contributed by atoms with Crippen LogP contribution in [0.25, 0.3) is 10.7 Å². The van der Waals surface area contributed by atoms with E-state index in [1.54, 1.807) is 18.3 Å². The van der Waals surface area contributed by atoms with E-state index in [-0.39, 0.29) is 11.7 Å². The first-order valence-electron chi connectivity index (χ1n) is 5.44. The summed E-state index contributed by atoms with van der Waals surface area (Å²) in [6, 6.07) is 3.97.